The molecule has 1 aromatic heterocycles. The average molecular weight is 332 g/mol. The third-order valence-corrected chi connectivity index (χ3v) is 3.98. The Labute approximate surface area is 120 Å². The minimum Gasteiger partial charge on any atom is -0.349 e. The largest absolute Gasteiger partial charge is 0.349 e. The summed E-state index contributed by atoms with van der Waals surface area (Å²) in [6.45, 7) is 0. The molecule has 0 spiro atoms. The van der Waals surface area contributed by atoms with E-state index in [9.17, 15) is 4.79 Å². The Morgan fingerprint density at radius 2 is 2.00 bits per heavy atom. The predicted octanol–water partition coefficient (Wildman–Crippen LogP) is 3.95. The molecule has 1 saturated carbocycles. The second-order valence-corrected chi connectivity index (χ2v) is 5.93. The molecule has 1 aliphatic rings. The topological polar surface area (TPSA) is 42.0 Å². The van der Waals surface area contributed by atoms with Gasteiger partial charge < -0.3 is 5.32 Å². The van der Waals surface area contributed by atoms with Crippen molar-refractivity contribution in [3.63, 3.8) is 0 Å². The fraction of sp³-hybridized carbons (Fsp3) is 0.538. The molecule has 1 N–H and O–H groups in total. The highest BCUT2D eigenvalue weighted by atomic mass is 79.9. The lowest BCUT2D eigenvalue weighted by molar-refractivity contribution is 0.0933. The minimum absolute atomic E-state index is 0.124. The quantitative estimate of drug-likeness (QED) is 0.658. The summed E-state index contributed by atoms with van der Waals surface area (Å²) in [5.74, 6) is -0.124. The lowest BCUT2D eigenvalue weighted by Gasteiger charge is -2.16. The molecule has 1 aromatic rings. The zero-order valence-corrected chi connectivity index (χ0v) is 12.4. The molecule has 0 radical (unpaired) electrons. The molecule has 0 saturated heterocycles. The first-order valence-electron chi connectivity index (χ1n) is 6.29. The Balaban J connectivity index is 2.04. The molecule has 18 heavy (non-hydrogen) atoms. The first kappa shape index (κ1) is 13.8. The van der Waals surface area contributed by atoms with Gasteiger partial charge in [-0.05, 0) is 34.8 Å². The van der Waals surface area contributed by atoms with Crippen LogP contribution in [-0.2, 0) is 0 Å². The number of halogens is 2. The number of aromatic nitrogens is 1. The van der Waals surface area contributed by atoms with E-state index in [-0.39, 0.29) is 17.1 Å². The molecule has 1 aliphatic carbocycles. The van der Waals surface area contributed by atoms with Crippen molar-refractivity contribution < 1.29 is 4.79 Å². The lowest BCUT2D eigenvalue weighted by atomic mass is 10.1. The maximum absolute atomic E-state index is 12.1. The Hall–Kier alpha value is -0.610. The molecule has 5 heteroatoms. The van der Waals surface area contributed by atoms with Gasteiger partial charge in [-0.3, -0.25) is 4.79 Å². The minimum atomic E-state index is -0.124. The number of carbonyl (C=O) groups is 1. The van der Waals surface area contributed by atoms with Crippen LogP contribution in [0.4, 0.5) is 0 Å². The van der Waals surface area contributed by atoms with Gasteiger partial charge in [0.25, 0.3) is 5.91 Å². The van der Waals surface area contributed by atoms with Crippen LogP contribution in [0.5, 0.6) is 0 Å². The highest BCUT2D eigenvalue weighted by Gasteiger charge is 2.18. The van der Waals surface area contributed by atoms with Crippen molar-refractivity contribution in [2.45, 2.75) is 44.6 Å². The summed E-state index contributed by atoms with van der Waals surface area (Å²) in [4.78, 5) is 16.1. The summed E-state index contributed by atoms with van der Waals surface area (Å²) in [5.41, 5.74) is 0.440. The van der Waals surface area contributed by atoms with Crippen molar-refractivity contribution in [1.29, 1.82) is 0 Å². The van der Waals surface area contributed by atoms with Crippen LogP contribution in [0.1, 0.15) is 48.9 Å². The van der Waals surface area contributed by atoms with E-state index in [1.54, 1.807) is 12.3 Å². The van der Waals surface area contributed by atoms with Gasteiger partial charge >= 0.3 is 0 Å². The number of pyridine rings is 1. The summed E-state index contributed by atoms with van der Waals surface area (Å²) < 4.78 is 0.762. The van der Waals surface area contributed by atoms with Crippen LogP contribution in [0, 0.1) is 0 Å². The van der Waals surface area contributed by atoms with Gasteiger partial charge in [0.1, 0.15) is 5.15 Å². The van der Waals surface area contributed by atoms with Gasteiger partial charge in [0.2, 0.25) is 0 Å². The SMILES string of the molecule is O=C(NC1CCCCCC1)c1cc(Br)cnc1Cl. The molecule has 0 unspecified atom stereocenters. The van der Waals surface area contributed by atoms with Crippen LogP contribution >= 0.6 is 27.5 Å². The van der Waals surface area contributed by atoms with Crippen molar-refractivity contribution in [2.24, 2.45) is 0 Å². The first-order chi connectivity index (χ1) is 8.66. The van der Waals surface area contributed by atoms with Gasteiger partial charge in [-0.25, -0.2) is 4.98 Å². The van der Waals surface area contributed by atoms with Crippen LogP contribution in [-0.4, -0.2) is 16.9 Å². The molecule has 0 aliphatic heterocycles. The van der Waals surface area contributed by atoms with E-state index in [4.69, 9.17) is 11.6 Å². The van der Waals surface area contributed by atoms with Gasteiger partial charge in [0, 0.05) is 16.7 Å². The van der Waals surface area contributed by atoms with Crippen LogP contribution < -0.4 is 5.32 Å². The number of hydrogen-bond acceptors (Lipinski definition) is 2. The zero-order valence-electron chi connectivity index (χ0n) is 10.1. The maximum atomic E-state index is 12.1. The van der Waals surface area contributed by atoms with E-state index in [2.05, 4.69) is 26.2 Å². The number of hydrogen-bond donors (Lipinski definition) is 1. The predicted molar refractivity (Wildman–Crippen MR) is 75.9 cm³/mol. The molecule has 1 heterocycles. The fourth-order valence-corrected chi connectivity index (χ4v) is 2.79. The summed E-state index contributed by atoms with van der Waals surface area (Å²) in [6, 6.07) is 1.98. The smallest absolute Gasteiger partial charge is 0.254 e. The van der Waals surface area contributed by atoms with Crippen molar-refractivity contribution in [2.75, 3.05) is 0 Å². The highest BCUT2D eigenvalue weighted by molar-refractivity contribution is 9.10. The second kappa shape index (κ2) is 6.53. The van der Waals surface area contributed by atoms with Crippen LogP contribution in [0.2, 0.25) is 5.15 Å². The number of amides is 1. The molecule has 0 aromatic carbocycles. The molecular weight excluding hydrogens is 316 g/mol. The summed E-state index contributed by atoms with van der Waals surface area (Å²) in [7, 11) is 0. The Bertz CT molecular complexity index is 431. The van der Waals surface area contributed by atoms with E-state index in [0.717, 1.165) is 17.3 Å². The Kier molecular flexibility index (Phi) is 5.01. The maximum Gasteiger partial charge on any atom is 0.254 e. The zero-order chi connectivity index (χ0) is 13.0. The van der Waals surface area contributed by atoms with Gasteiger partial charge in [-0.1, -0.05) is 37.3 Å². The molecule has 2 rings (SSSR count). The monoisotopic (exact) mass is 330 g/mol. The van der Waals surface area contributed by atoms with E-state index >= 15 is 0 Å². The second-order valence-electron chi connectivity index (χ2n) is 4.65. The molecular formula is C13H16BrClN2O. The van der Waals surface area contributed by atoms with Gasteiger partial charge in [0.15, 0.2) is 0 Å². The molecule has 0 atom stereocenters. The molecule has 1 fully saturated rings. The van der Waals surface area contributed by atoms with Gasteiger partial charge in [0.05, 0.1) is 5.56 Å². The van der Waals surface area contributed by atoms with Crippen LogP contribution in [0.3, 0.4) is 0 Å². The first-order valence-corrected chi connectivity index (χ1v) is 7.46. The van der Waals surface area contributed by atoms with Crippen molar-refractivity contribution in [1.82, 2.24) is 10.3 Å². The lowest BCUT2D eigenvalue weighted by Crippen LogP contribution is -2.34. The van der Waals surface area contributed by atoms with Crippen molar-refractivity contribution in [3.05, 3.63) is 27.5 Å². The van der Waals surface area contributed by atoms with Crippen LogP contribution in [0.15, 0.2) is 16.7 Å². The van der Waals surface area contributed by atoms with Gasteiger partial charge in [-0.15, -0.1) is 0 Å². The van der Waals surface area contributed by atoms with E-state index < -0.39 is 0 Å². The number of nitrogens with zero attached hydrogens (tertiary/aromatic N) is 1. The fourth-order valence-electron chi connectivity index (χ4n) is 2.27. The van der Waals surface area contributed by atoms with Crippen molar-refractivity contribution >= 4 is 33.4 Å². The summed E-state index contributed by atoms with van der Waals surface area (Å²) >= 11 is 9.25. The van der Waals surface area contributed by atoms with E-state index in [1.165, 1.54) is 25.7 Å². The molecule has 1 amide bonds. The standard InChI is InChI=1S/C13H16BrClN2O/c14-9-7-11(12(15)16-8-9)13(18)17-10-5-3-1-2-4-6-10/h7-8,10H,1-6H2,(H,17,18). The third-order valence-electron chi connectivity index (χ3n) is 3.24. The molecule has 3 nitrogen and oxygen atoms in total. The normalized spacial score (nSPS) is 17.2. The molecule has 0 bridgehead atoms. The van der Waals surface area contributed by atoms with Crippen LogP contribution in [0.25, 0.3) is 0 Å². The Morgan fingerprint density at radius 1 is 1.33 bits per heavy atom. The average Bonchev–Trinajstić information content (AvgIpc) is 2.61. The summed E-state index contributed by atoms with van der Waals surface area (Å²) in [6.07, 6.45) is 8.63. The molecule has 98 valence electrons. The van der Waals surface area contributed by atoms with E-state index in [1.807, 2.05) is 0 Å². The van der Waals surface area contributed by atoms with Gasteiger partial charge in [-0.2, -0.15) is 0 Å². The van der Waals surface area contributed by atoms with E-state index in [0.29, 0.717) is 5.56 Å². The number of carbonyl (C=O) groups excluding carboxylic acids is 1. The number of nitrogens with one attached hydrogen (secondary N) is 1. The van der Waals surface area contributed by atoms with Crippen molar-refractivity contribution in [3.8, 4) is 0 Å². The Morgan fingerprint density at radius 3 is 2.67 bits per heavy atom. The summed E-state index contributed by atoms with van der Waals surface area (Å²) in [5, 5.41) is 3.31. The third kappa shape index (κ3) is 3.69. The highest BCUT2D eigenvalue weighted by Crippen LogP contribution is 2.20. The number of rotatable bonds is 2.